The predicted molar refractivity (Wildman–Crippen MR) is 79.8 cm³/mol. The molecule has 0 aliphatic heterocycles. The van der Waals surface area contributed by atoms with Crippen LogP contribution in [0.5, 0.6) is 0 Å². The number of hydrogen-bond donors (Lipinski definition) is 2. The molecule has 0 aliphatic carbocycles. The summed E-state index contributed by atoms with van der Waals surface area (Å²) >= 11 is 5.94. The molecule has 1 aromatic carbocycles. The van der Waals surface area contributed by atoms with Gasteiger partial charge in [0.05, 0.1) is 0 Å². The second kappa shape index (κ2) is 6.80. The van der Waals surface area contributed by atoms with Crippen LogP contribution in [0.4, 0.5) is 5.69 Å². The highest BCUT2D eigenvalue weighted by molar-refractivity contribution is 6.30. The normalized spacial score (nSPS) is 15.6. The monoisotopic (exact) mass is 283 g/mol. The number of hydrogen-bond acceptors (Lipinski definition) is 2. The molecule has 1 aromatic rings. The van der Waals surface area contributed by atoms with Gasteiger partial charge >= 0.3 is 5.97 Å². The number of halogens is 1. The second-order valence-corrected chi connectivity index (χ2v) is 5.53. The molecule has 0 spiro atoms. The van der Waals surface area contributed by atoms with Crippen molar-refractivity contribution in [3.05, 3.63) is 29.3 Å². The SMILES string of the molecule is CCC(C)CC(CC)(Nc1cccc(Cl)c1)C(=O)O. The quantitative estimate of drug-likeness (QED) is 0.779. The van der Waals surface area contributed by atoms with Crippen molar-refractivity contribution in [2.24, 2.45) is 5.92 Å². The van der Waals surface area contributed by atoms with Crippen LogP contribution in [0.15, 0.2) is 24.3 Å². The molecule has 0 saturated carbocycles. The Morgan fingerprint density at radius 1 is 1.47 bits per heavy atom. The van der Waals surface area contributed by atoms with Crippen molar-refractivity contribution in [3.8, 4) is 0 Å². The largest absolute Gasteiger partial charge is 0.480 e. The lowest BCUT2D eigenvalue weighted by Crippen LogP contribution is -2.47. The zero-order valence-electron chi connectivity index (χ0n) is 11.7. The first-order valence-electron chi connectivity index (χ1n) is 6.70. The van der Waals surface area contributed by atoms with Gasteiger partial charge in [-0.1, -0.05) is 44.9 Å². The lowest BCUT2D eigenvalue weighted by molar-refractivity contribution is -0.143. The van der Waals surface area contributed by atoms with Crippen LogP contribution in [0.3, 0.4) is 0 Å². The van der Waals surface area contributed by atoms with Gasteiger partial charge in [0.1, 0.15) is 5.54 Å². The van der Waals surface area contributed by atoms with E-state index in [0.717, 1.165) is 12.1 Å². The van der Waals surface area contributed by atoms with Crippen molar-refractivity contribution in [1.29, 1.82) is 0 Å². The van der Waals surface area contributed by atoms with Gasteiger partial charge in [-0.15, -0.1) is 0 Å². The molecule has 4 heteroatoms. The highest BCUT2D eigenvalue weighted by Gasteiger charge is 2.37. The van der Waals surface area contributed by atoms with Crippen LogP contribution in [0.1, 0.15) is 40.0 Å². The van der Waals surface area contributed by atoms with E-state index in [9.17, 15) is 9.90 Å². The zero-order valence-corrected chi connectivity index (χ0v) is 12.5. The Morgan fingerprint density at radius 3 is 2.63 bits per heavy atom. The molecule has 0 heterocycles. The number of carboxylic acids is 1. The van der Waals surface area contributed by atoms with Crippen LogP contribution < -0.4 is 5.32 Å². The number of rotatable bonds is 7. The minimum atomic E-state index is -0.930. The number of nitrogens with one attached hydrogen (secondary N) is 1. The van der Waals surface area contributed by atoms with Crippen LogP contribution in [0.2, 0.25) is 5.02 Å². The number of anilines is 1. The summed E-state index contributed by atoms with van der Waals surface area (Å²) in [5.41, 5.74) is -0.180. The number of carboxylic acid groups (broad SMARTS) is 1. The Hall–Kier alpha value is -1.22. The zero-order chi connectivity index (χ0) is 14.5. The third-order valence-electron chi connectivity index (χ3n) is 3.62. The van der Waals surface area contributed by atoms with Crippen molar-refractivity contribution < 1.29 is 9.90 Å². The summed E-state index contributed by atoms with van der Waals surface area (Å²) in [6, 6.07) is 7.19. The van der Waals surface area contributed by atoms with Crippen LogP contribution in [0.25, 0.3) is 0 Å². The topological polar surface area (TPSA) is 49.3 Å². The second-order valence-electron chi connectivity index (χ2n) is 5.09. The van der Waals surface area contributed by atoms with Crippen LogP contribution in [-0.4, -0.2) is 16.6 Å². The fraction of sp³-hybridized carbons (Fsp3) is 0.533. The van der Waals surface area contributed by atoms with E-state index in [1.807, 2.05) is 19.1 Å². The van der Waals surface area contributed by atoms with E-state index in [1.54, 1.807) is 12.1 Å². The smallest absolute Gasteiger partial charge is 0.329 e. The average molecular weight is 284 g/mol. The number of carbonyl (C=O) groups is 1. The van der Waals surface area contributed by atoms with Gasteiger partial charge in [0.15, 0.2) is 0 Å². The van der Waals surface area contributed by atoms with Crippen LogP contribution in [0, 0.1) is 5.92 Å². The number of aliphatic carboxylic acids is 1. The van der Waals surface area contributed by atoms with Gasteiger partial charge in [0.25, 0.3) is 0 Å². The predicted octanol–water partition coefficient (Wildman–Crippen LogP) is 4.42. The van der Waals surface area contributed by atoms with Crippen LogP contribution in [-0.2, 0) is 4.79 Å². The Kier molecular flexibility index (Phi) is 5.67. The van der Waals surface area contributed by atoms with Gasteiger partial charge in [-0.05, 0) is 37.0 Å². The fourth-order valence-electron chi connectivity index (χ4n) is 2.16. The molecule has 19 heavy (non-hydrogen) atoms. The van der Waals surface area contributed by atoms with E-state index in [-0.39, 0.29) is 0 Å². The van der Waals surface area contributed by atoms with Crippen molar-refractivity contribution in [2.45, 2.75) is 45.6 Å². The third kappa shape index (κ3) is 4.13. The molecule has 0 bridgehead atoms. The van der Waals surface area contributed by atoms with E-state index in [0.29, 0.717) is 23.8 Å². The van der Waals surface area contributed by atoms with Gasteiger partial charge in [0, 0.05) is 10.7 Å². The van der Waals surface area contributed by atoms with E-state index >= 15 is 0 Å². The lowest BCUT2D eigenvalue weighted by atomic mass is 9.84. The maximum absolute atomic E-state index is 11.7. The van der Waals surface area contributed by atoms with Crippen molar-refractivity contribution in [2.75, 3.05) is 5.32 Å². The van der Waals surface area contributed by atoms with E-state index in [1.165, 1.54) is 0 Å². The summed E-state index contributed by atoms with van der Waals surface area (Å²) in [6.07, 6.45) is 2.09. The standard InChI is InChI=1S/C15H22ClNO2/c1-4-11(3)10-15(5-2,14(18)19)17-13-8-6-7-12(16)9-13/h6-9,11,17H,4-5,10H2,1-3H3,(H,18,19). The first kappa shape index (κ1) is 15.8. The van der Waals surface area contributed by atoms with Crippen molar-refractivity contribution in [1.82, 2.24) is 0 Å². The van der Waals surface area contributed by atoms with E-state index in [2.05, 4.69) is 19.2 Å². The first-order chi connectivity index (χ1) is 8.93. The van der Waals surface area contributed by atoms with Gasteiger partial charge in [-0.3, -0.25) is 0 Å². The molecule has 0 aliphatic rings. The van der Waals surface area contributed by atoms with Crippen molar-refractivity contribution >= 4 is 23.3 Å². The molecule has 2 N–H and O–H groups in total. The van der Waals surface area contributed by atoms with E-state index in [4.69, 9.17) is 11.6 Å². The molecular formula is C15H22ClNO2. The Labute approximate surface area is 120 Å². The average Bonchev–Trinajstić information content (AvgIpc) is 2.37. The molecule has 0 radical (unpaired) electrons. The van der Waals surface area contributed by atoms with Gasteiger partial charge in [-0.25, -0.2) is 4.79 Å². The summed E-state index contributed by atoms with van der Waals surface area (Å²) in [4.78, 5) is 11.7. The minimum Gasteiger partial charge on any atom is -0.480 e. The minimum absolute atomic E-state index is 0.350. The molecule has 1 rings (SSSR count). The Bertz CT molecular complexity index is 436. The molecule has 106 valence electrons. The lowest BCUT2D eigenvalue weighted by Gasteiger charge is -2.33. The summed E-state index contributed by atoms with van der Waals surface area (Å²) in [6.45, 7) is 6.05. The highest BCUT2D eigenvalue weighted by Crippen LogP contribution is 2.28. The summed E-state index contributed by atoms with van der Waals surface area (Å²) in [5, 5.41) is 13.4. The maximum Gasteiger partial charge on any atom is 0.329 e. The molecule has 0 saturated heterocycles. The van der Waals surface area contributed by atoms with Crippen molar-refractivity contribution in [3.63, 3.8) is 0 Å². The fourth-order valence-corrected chi connectivity index (χ4v) is 2.35. The number of benzene rings is 1. The Morgan fingerprint density at radius 2 is 2.16 bits per heavy atom. The molecule has 0 fully saturated rings. The molecule has 3 nitrogen and oxygen atoms in total. The molecule has 0 amide bonds. The summed E-state index contributed by atoms with van der Waals surface area (Å²) in [5.74, 6) is -0.460. The maximum atomic E-state index is 11.7. The van der Waals surface area contributed by atoms with Gasteiger partial charge < -0.3 is 10.4 Å². The van der Waals surface area contributed by atoms with Gasteiger partial charge in [-0.2, -0.15) is 0 Å². The van der Waals surface area contributed by atoms with E-state index < -0.39 is 11.5 Å². The molecule has 2 atom stereocenters. The third-order valence-corrected chi connectivity index (χ3v) is 3.85. The highest BCUT2D eigenvalue weighted by atomic mass is 35.5. The van der Waals surface area contributed by atoms with Gasteiger partial charge in [0.2, 0.25) is 0 Å². The summed E-state index contributed by atoms with van der Waals surface area (Å²) in [7, 11) is 0. The van der Waals surface area contributed by atoms with Crippen LogP contribution >= 0.6 is 11.6 Å². The Balaban J connectivity index is 3.00. The first-order valence-corrected chi connectivity index (χ1v) is 7.08. The molecule has 2 unspecified atom stereocenters. The molecular weight excluding hydrogens is 262 g/mol. The summed E-state index contributed by atoms with van der Waals surface area (Å²) < 4.78 is 0. The molecule has 0 aromatic heterocycles.